The SMILES string of the molecule is C.C.C.C.C.C.C.C.COOCCC(=O)OCOC(=O)CC(=O)[O-]. The molecule has 0 unspecified atom stereocenters. The van der Waals surface area contributed by atoms with Gasteiger partial charge in [-0.15, -0.1) is 0 Å². The van der Waals surface area contributed by atoms with Crippen LogP contribution in [-0.4, -0.2) is 38.4 Å². The van der Waals surface area contributed by atoms with Crippen molar-refractivity contribution >= 4 is 17.9 Å². The number of carboxylic acid groups (broad SMARTS) is 1. The average Bonchev–Trinajstić information content (AvgIpc) is 2.17. The summed E-state index contributed by atoms with van der Waals surface area (Å²) in [6.07, 6.45) is -0.962. The number of hydrogen-bond donors (Lipinski definition) is 0. The van der Waals surface area contributed by atoms with Gasteiger partial charge in [-0.2, -0.15) is 0 Å². The molecule has 0 bridgehead atoms. The molecule has 0 atom stereocenters. The van der Waals surface area contributed by atoms with Crippen LogP contribution >= 0.6 is 0 Å². The first-order valence-corrected chi connectivity index (χ1v) is 4.23. The minimum absolute atomic E-state index is 0. The highest BCUT2D eigenvalue weighted by molar-refractivity contribution is 5.89. The molecule has 156 valence electrons. The van der Waals surface area contributed by atoms with Crippen molar-refractivity contribution < 1.29 is 38.7 Å². The molecule has 0 saturated carbocycles. The molecule has 0 aromatic carbocycles. The summed E-state index contributed by atoms with van der Waals surface area (Å²) < 4.78 is 8.66. The Morgan fingerprint density at radius 1 is 0.792 bits per heavy atom. The van der Waals surface area contributed by atoms with Crippen molar-refractivity contribution in [3.63, 3.8) is 0 Å². The number of carboxylic acids is 1. The predicted octanol–water partition coefficient (Wildman–Crippen LogP) is 3.23. The molecule has 0 spiro atoms. The van der Waals surface area contributed by atoms with Gasteiger partial charge in [0.1, 0.15) is 0 Å². The maximum absolute atomic E-state index is 10.8. The quantitative estimate of drug-likeness (QED) is 0.161. The monoisotopic (exact) mass is 363 g/mol. The summed E-state index contributed by atoms with van der Waals surface area (Å²) in [5.74, 6) is -3.27. The summed E-state index contributed by atoms with van der Waals surface area (Å²) in [6.45, 7) is -0.639. The van der Waals surface area contributed by atoms with Crippen molar-refractivity contribution in [1.82, 2.24) is 0 Å². The Morgan fingerprint density at radius 2 is 1.21 bits per heavy atom. The Kier molecular flexibility index (Phi) is 89.4. The van der Waals surface area contributed by atoms with Crippen LogP contribution < -0.4 is 5.11 Å². The van der Waals surface area contributed by atoms with Gasteiger partial charge in [0.2, 0.25) is 6.79 Å². The average molecular weight is 364 g/mol. The molecule has 0 aliphatic rings. The lowest BCUT2D eigenvalue weighted by Crippen LogP contribution is -2.26. The molecule has 0 aliphatic carbocycles. The van der Waals surface area contributed by atoms with Crippen molar-refractivity contribution in [2.45, 2.75) is 72.3 Å². The lowest BCUT2D eigenvalue weighted by molar-refractivity contribution is -0.305. The zero-order valence-electron chi connectivity index (χ0n) is 8.59. The Bertz CT molecular complexity index is 254. The second kappa shape index (κ2) is 37.5. The molecule has 8 heteroatoms. The van der Waals surface area contributed by atoms with Crippen LogP contribution in [0.2, 0.25) is 0 Å². The normalized spacial score (nSPS) is 6.38. The fraction of sp³-hybridized carbons (Fsp3) is 0.812. The van der Waals surface area contributed by atoms with Crippen LogP contribution in [0.25, 0.3) is 0 Å². The van der Waals surface area contributed by atoms with Gasteiger partial charge in [-0.1, -0.05) is 59.4 Å². The molecule has 0 radical (unpaired) electrons. The number of aliphatic carboxylic acids is 1. The van der Waals surface area contributed by atoms with Crippen molar-refractivity contribution in [2.24, 2.45) is 0 Å². The first-order chi connectivity index (χ1) is 7.56. The lowest BCUT2D eigenvalue weighted by atomic mass is 10.4. The van der Waals surface area contributed by atoms with E-state index in [0.717, 1.165) is 0 Å². The van der Waals surface area contributed by atoms with Gasteiger partial charge in [0.25, 0.3) is 0 Å². The third-order valence-corrected chi connectivity index (χ3v) is 1.24. The minimum atomic E-state index is -1.56. The Morgan fingerprint density at radius 3 is 1.58 bits per heavy atom. The second-order valence-corrected chi connectivity index (χ2v) is 2.44. The van der Waals surface area contributed by atoms with Gasteiger partial charge in [0.15, 0.2) is 0 Å². The Hall–Kier alpha value is -1.67. The first kappa shape index (κ1) is 57.2. The molecule has 0 aromatic heterocycles. The number of rotatable bonds is 8. The van der Waals surface area contributed by atoms with Crippen LogP contribution in [0.3, 0.4) is 0 Å². The standard InChI is InChI=1S/C8H12O8.8CH4/c1-13-16-3-2-7(11)14-5-15-8(12)4-6(9)10;;;;;;;;/h2-5H2,1H3,(H,9,10);8*1H4/p-1. The molecule has 0 heterocycles. The number of ether oxygens (including phenoxy) is 2. The van der Waals surface area contributed by atoms with E-state index in [0.29, 0.717) is 0 Å². The van der Waals surface area contributed by atoms with Gasteiger partial charge in [0, 0.05) is 0 Å². The third-order valence-electron chi connectivity index (χ3n) is 1.24. The van der Waals surface area contributed by atoms with Gasteiger partial charge in [-0.05, 0) is 0 Å². The molecule has 0 N–H and O–H groups in total. The molecular weight excluding hydrogens is 320 g/mol. The largest absolute Gasteiger partial charge is 0.550 e. The van der Waals surface area contributed by atoms with Gasteiger partial charge in [-0.25, -0.2) is 9.78 Å². The van der Waals surface area contributed by atoms with Crippen LogP contribution in [0.1, 0.15) is 72.3 Å². The number of hydrogen-bond acceptors (Lipinski definition) is 8. The summed E-state index contributed by atoms with van der Waals surface area (Å²) in [5.41, 5.74) is 0. The molecular formula is C16H43O8-. The van der Waals surface area contributed by atoms with E-state index in [1.54, 1.807) is 0 Å². The Balaban J connectivity index is -0.0000000402. The van der Waals surface area contributed by atoms with Crippen molar-refractivity contribution in [3.8, 4) is 0 Å². The van der Waals surface area contributed by atoms with E-state index in [9.17, 15) is 19.5 Å². The number of carbonyl (C=O) groups excluding carboxylic acids is 3. The molecule has 0 fully saturated rings. The fourth-order valence-electron chi connectivity index (χ4n) is 0.610. The molecule has 0 aliphatic heterocycles. The highest BCUT2D eigenvalue weighted by atomic mass is 17.2. The van der Waals surface area contributed by atoms with E-state index >= 15 is 0 Å². The van der Waals surface area contributed by atoms with Crippen LogP contribution in [-0.2, 0) is 33.6 Å². The minimum Gasteiger partial charge on any atom is -0.550 e. The highest BCUT2D eigenvalue weighted by Crippen LogP contribution is 1.91. The Labute approximate surface area is 150 Å². The summed E-state index contributed by atoms with van der Waals surface area (Å²) in [4.78, 5) is 40.0. The van der Waals surface area contributed by atoms with E-state index in [4.69, 9.17) is 0 Å². The topological polar surface area (TPSA) is 111 Å². The summed E-state index contributed by atoms with van der Waals surface area (Å²) in [7, 11) is 1.28. The maximum atomic E-state index is 10.8. The summed E-state index contributed by atoms with van der Waals surface area (Å²) in [5, 5.41) is 9.93. The highest BCUT2D eigenvalue weighted by Gasteiger charge is 2.06. The molecule has 8 nitrogen and oxygen atoms in total. The molecule has 0 saturated heterocycles. The van der Waals surface area contributed by atoms with Crippen molar-refractivity contribution in [1.29, 1.82) is 0 Å². The molecule has 0 rings (SSSR count). The van der Waals surface area contributed by atoms with Gasteiger partial charge in [0.05, 0.1) is 32.5 Å². The second-order valence-electron chi connectivity index (χ2n) is 2.44. The lowest BCUT2D eigenvalue weighted by Gasteiger charge is -2.06. The van der Waals surface area contributed by atoms with E-state index in [1.165, 1.54) is 7.11 Å². The van der Waals surface area contributed by atoms with E-state index in [1.807, 2.05) is 0 Å². The van der Waals surface area contributed by atoms with Crippen molar-refractivity contribution in [3.05, 3.63) is 0 Å². The molecule has 0 amide bonds. The molecule has 0 aromatic rings. The summed E-state index contributed by atoms with van der Waals surface area (Å²) in [6, 6.07) is 0. The zero-order chi connectivity index (χ0) is 12.4. The third kappa shape index (κ3) is 42.8. The number of esters is 2. The van der Waals surface area contributed by atoms with Gasteiger partial charge in [-0.3, -0.25) is 9.59 Å². The molecule has 24 heavy (non-hydrogen) atoms. The van der Waals surface area contributed by atoms with Gasteiger partial charge >= 0.3 is 11.9 Å². The van der Waals surface area contributed by atoms with Crippen LogP contribution in [0.15, 0.2) is 0 Å². The van der Waals surface area contributed by atoms with E-state index in [2.05, 4.69) is 19.2 Å². The van der Waals surface area contributed by atoms with Gasteiger partial charge < -0.3 is 19.4 Å². The van der Waals surface area contributed by atoms with Crippen LogP contribution in [0.5, 0.6) is 0 Å². The zero-order valence-corrected chi connectivity index (χ0v) is 8.59. The first-order valence-electron chi connectivity index (χ1n) is 4.23. The van der Waals surface area contributed by atoms with Crippen LogP contribution in [0, 0.1) is 0 Å². The maximum Gasteiger partial charge on any atom is 0.314 e. The smallest absolute Gasteiger partial charge is 0.314 e. The number of carbonyl (C=O) groups is 3. The van der Waals surface area contributed by atoms with E-state index < -0.39 is 31.1 Å². The van der Waals surface area contributed by atoms with E-state index in [-0.39, 0.29) is 72.4 Å². The summed E-state index contributed by atoms with van der Waals surface area (Å²) >= 11 is 0. The van der Waals surface area contributed by atoms with Crippen LogP contribution in [0.4, 0.5) is 0 Å². The predicted molar refractivity (Wildman–Crippen MR) is 98.1 cm³/mol. The van der Waals surface area contributed by atoms with Crippen molar-refractivity contribution in [2.75, 3.05) is 20.5 Å². The fourth-order valence-corrected chi connectivity index (χ4v) is 0.610.